The normalized spacial score (nSPS) is 14.8. The average Bonchev–Trinajstić information content (AvgIpc) is 2.43. The van der Waals surface area contributed by atoms with Crippen LogP contribution in [0.2, 0.25) is 0 Å². The van der Waals surface area contributed by atoms with E-state index in [0.717, 1.165) is 12.1 Å². The van der Waals surface area contributed by atoms with E-state index >= 15 is 0 Å². The van der Waals surface area contributed by atoms with Crippen LogP contribution in [-0.4, -0.2) is 11.5 Å². The highest BCUT2D eigenvalue weighted by Crippen LogP contribution is 2.28. The summed E-state index contributed by atoms with van der Waals surface area (Å²) < 4.78 is 0. The molecule has 102 valence electrons. The second-order valence-electron chi connectivity index (χ2n) is 5.60. The van der Waals surface area contributed by atoms with Gasteiger partial charge in [0.05, 0.1) is 5.52 Å². The van der Waals surface area contributed by atoms with Crippen LogP contribution >= 0.6 is 0 Å². The largest absolute Gasteiger partial charge is 0.310 e. The van der Waals surface area contributed by atoms with Gasteiger partial charge in [0.2, 0.25) is 0 Å². The minimum Gasteiger partial charge on any atom is -0.310 e. The summed E-state index contributed by atoms with van der Waals surface area (Å²) in [6.07, 6.45) is 2.02. The van der Waals surface area contributed by atoms with Crippen LogP contribution in [0, 0.1) is 11.8 Å². The molecule has 0 amide bonds. The SMILES string of the molecule is CCNC(c1cnc2ccccc2c1)C(C)C(C)C. The van der Waals surface area contributed by atoms with Crippen molar-refractivity contribution in [3.8, 4) is 0 Å². The maximum atomic E-state index is 4.59. The van der Waals surface area contributed by atoms with E-state index in [1.165, 1.54) is 10.9 Å². The highest BCUT2D eigenvalue weighted by atomic mass is 14.9. The van der Waals surface area contributed by atoms with Gasteiger partial charge in [-0.05, 0) is 36.1 Å². The fraction of sp³-hybridized carbons (Fsp3) is 0.471. The summed E-state index contributed by atoms with van der Waals surface area (Å²) in [6, 6.07) is 11.0. The molecule has 19 heavy (non-hydrogen) atoms. The number of rotatable bonds is 5. The molecular formula is C17H24N2. The third-order valence-electron chi connectivity index (χ3n) is 3.97. The zero-order valence-corrected chi connectivity index (χ0v) is 12.4. The number of pyridine rings is 1. The molecule has 0 aliphatic heterocycles. The van der Waals surface area contributed by atoms with Crippen molar-refractivity contribution in [1.82, 2.24) is 10.3 Å². The molecule has 1 heterocycles. The first-order chi connectivity index (χ1) is 9.13. The monoisotopic (exact) mass is 256 g/mol. The molecule has 2 rings (SSSR count). The molecule has 0 aliphatic carbocycles. The van der Waals surface area contributed by atoms with Gasteiger partial charge >= 0.3 is 0 Å². The van der Waals surface area contributed by atoms with E-state index in [9.17, 15) is 0 Å². The predicted octanol–water partition coefficient (Wildman–Crippen LogP) is 4.18. The molecule has 0 saturated carbocycles. The second kappa shape index (κ2) is 6.16. The number of fused-ring (bicyclic) bond motifs is 1. The number of nitrogens with zero attached hydrogens (tertiary/aromatic N) is 1. The van der Waals surface area contributed by atoms with Gasteiger partial charge in [0.25, 0.3) is 0 Å². The molecule has 1 N–H and O–H groups in total. The Labute approximate surface area is 116 Å². The van der Waals surface area contributed by atoms with Gasteiger partial charge in [-0.25, -0.2) is 0 Å². The second-order valence-corrected chi connectivity index (χ2v) is 5.60. The van der Waals surface area contributed by atoms with Gasteiger partial charge in [0, 0.05) is 17.6 Å². The Bertz CT molecular complexity index is 534. The van der Waals surface area contributed by atoms with Gasteiger partial charge < -0.3 is 5.32 Å². The van der Waals surface area contributed by atoms with E-state index in [2.05, 4.69) is 62.3 Å². The third-order valence-corrected chi connectivity index (χ3v) is 3.97. The van der Waals surface area contributed by atoms with Crippen LogP contribution in [-0.2, 0) is 0 Å². The van der Waals surface area contributed by atoms with Crippen LogP contribution in [0.25, 0.3) is 10.9 Å². The maximum absolute atomic E-state index is 4.59. The van der Waals surface area contributed by atoms with Crippen LogP contribution in [0.1, 0.15) is 39.3 Å². The summed E-state index contributed by atoms with van der Waals surface area (Å²) in [6.45, 7) is 10.0. The Morgan fingerprint density at radius 3 is 2.58 bits per heavy atom. The van der Waals surface area contributed by atoms with Crippen LogP contribution in [0.3, 0.4) is 0 Å². The van der Waals surface area contributed by atoms with Crippen LogP contribution < -0.4 is 5.32 Å². The smallest absolute Gasteiger partial charge is 0.0702 e. The highest BCUT2D eigenvalue weighted by Gasteiger charge is 2.21. The van der Waals surface area contributed by atoms with Gasteiger partial charge in [0.15, 0.2) is 0 Å². The maximum Gasteiger partial charge on any atom is 0.0702 e. The molecule has 0 radical (unpaired) electrons. The van der Waals surface area contributed by atoms with E-state index in [-0.39, 0.29) is 0 Å². The molecule has 2 heteroatoms. The minimum atomic E-state index is 0.377. The van der Waals surface area contributed by atoms with Crippen molar-refractivity contribution < 1.29 is 0 Å². The van der Waals surface area contributed by atoms with Crippen LogP contribution in [0.5, 0.6) is 0 Å². The molecule has 0 saturated heterocycles. The Kier molecular flexibility index (Phi) is 4.54. The Morgan fingerprint density at radius 2 is 1.89 bits per heavy atom. The molecular weight excluding hydrogens is 232 g/mol. The quantitative estimate of drug-likeness (QED) is 0.868. The van der Waals surface area contributed by atoms with Crippen LogP contribution in [0.15, 0.2) is 36.5 Å². The zero-order chi connectivity index (χ0) is 13.8. The Morgan fingerprint density at radius 1 is 1.16 bits per heavy atom. The molecule has 0 spiro atoms. The van der Waals surface area contributed by atoms with Crippen molar-refractivity contribution >= 4 is 10.9 Å². The number of hydrogen-bond donors (Lipinski definition) is 1. The molecule has 1 aromatic carbocycles. The summed E-state index contributed by atoms with van der Waals surface area (Å²) in [5.41, 5.74) is 2.36. The standard InChI is InChI=1S/C17H24N2/c1-5-18-17(13(4)12(2)3)15-10-14-8-6-7-9-16(14)19-11-15/h6-13,17-18H,5H2,1-4H3. The topological polar surface area (TPSA) is 24.9 Å². The molecule has 0 fully saturated rings. The first kappa shape index (κ1) is 14.0. The minimum absolute atomic E-state index is 0.377. The number of nitrogens with one attached hydrogen (secondary N) is 1. The molecule has 2 atom stereocenters. The number of hydrogen-bond acceptors (Lipinski definition) is 2. The van der Waals surface area contributed by atoms with E-state index in [0.29, 0.717) is 17.9 Å². The highest BCUT2D eigenvalue weighted by molar-refractivity contribution is 5.78. The van der Waals surface area contributed by atoms with E-state index < -0.39 is 0 Å². The fourth-order valence-corrected chi connectivity index (χ4v) is 2.47. The molecule has 1 aromatic heterocycles. The first-order valence-corrected chi connectivity index (χ1v) is 7.21. The van der Waals surface area contributed by atoms with Gasteiger partial charge in [-0.3, -0.25) is 4.98 Å². The average molecular weight is 256 g/mol. The Hall–Kier alpha value is -1.41. The van der Waals surface area contributed by atoms with E-state index in [4.69, 9.17) is 0 Å². The molecule has 0 bridgehead atoms. The van der Waals surface area contributed by atoms with Crippen molar-refractivity contribution in [2.24, 2.45) is 11.8 Å². The Balaban J connectivity index is 2.38. The van der Waals surface area contributed by atoms with E-state index in [1.807, 2.05) is 12.3 Å². The number of benzene rings is 1. The summed E-state index contributed by atoms with van der Waals surface area (Å²) in [5.74, 6) is 1.23. The summed E-state index contributed by atoms with van der Waals surface area (Å²) in [4.78, 5) is 4.59. The lowest BCUT2D eigenvalue weighted by Gasteiger charge is -2.28. The van der Waals surface area contributed by atoms with Crippen molar-refractivity contribution in [3.63, 3.8) is 0 Å². The van der Waals surface area contributed by atoms with Crippen molar-refractivity contribution in [3.05, 3.63) is 42.1 Å². The first-order valence-electron chi connectivity index (χ1n) is 7.21. The van der Waals surface area contributed by atoms with E-state index in [1.54, 1.807) is 0 Å². The number of aromatic nitrogens is 1. The summed E-state index contributed by atoms with van der Waals surface area (Å²) in [7, 11) is 0. The lowest BCUT2D eigenvalue weighted by Crippen LogP contribution is -2.29. The van der Waals surface area contributed by atoms with Crippen molar-refractivity contribution in [1.29, 1.82) is 0 Å². The lowest BCUT2D eigenvalue weighted by atomic mass is 9.86. The molecule has 2 unspecified atom stereocenters. The summed E-state index contributed by atoms with van der Waals surface area (Å²) >= 11 is 0. The van der Waals surface area contributed by atoms with Crippen LogP contribution in [0.4, 0.5) is 0 Å². The van der Waals surface area contributed by atoms with Gasteiger partial charge in [0.1, 0.15) is 0 Å². The third kappa shape index (κ3) is 3.13. The molecule has 0 aliphatic rings. The fourth-order valence-electron chi connectivity index (χ4n) is 2.47. The van der Waals surface area contributed by atoms with Gasteiger partial charge in [-0.1, -0.05) is 45.9 Å². The van der Waals surface area contributed by atoms with Crippen molar-refractivity contribution in [2.75, 3.05) is 6.54 Å². The molecule has 2 aromatic rings. The van der Waals surface area contributed by atoms with Crippen molar-refractivity contribution in [2.45, 2.75) is 33.7 Å². The molecule has 2 nitrogen and oxygen atoms in total. The van der Waals surface area contributed by atoms with Gasteiger partial charge in [-0.15, -0.1) is 0 Å². The van der Waals surface area contributed by atoms with Gasteiger partial charge in [-0.2, -0.15) is 0 Å². The zero-order valence-electron chi connectivity index (χ0n) is 12.4. The predicted molar refractivity (Wildman–Crippen MR) is 82.2 cm³/mol. The lowest BCUT2D eigenvalue weighted by molar-refractivity contribution is 0.307. The summed E-state index contributed by atoms with van der Waals surface area (Å²) in [5, 5.41) is 4.83. The number of para-hydroxylation sites is 1.